The standard InChI is InChI=1S/C19H20N6O/c1-13-10-18(24-17-5-3-4-16(11-17)23-14(2)26)25-19(22-13)21-12-15-6-8-20-9-7-15/h3-11H,12H2,1-2H3,(H,23,26)(H2,21,22,24,25). The van der Waals surface area contributed by atoms with Gasteiger partial charge in [-0.3, -0.25) is 9.78 Å². The van der Waals surface area contributed by atoms with Crippen molar-refractivity contribution < 1.29 is 4.79 Å². The van der Waals surface area contributed by atoms with Crippen molar-refractivity contribution in [2.45, 2.75) is 20.4 Å². The molecule has 0 saturated carbocycles. The molecule has 2 heterocycles. The zero-order valence-corrected chi connectivity index (χ0v) is 14.7. The molecule has 0 saturated heterocycles. The van der Waals surface area contributed by atoms with Crippen molar-refractivity contribution >= 4 is 29.0 Å². The first-order chi connectivity index (χ1) is 12.6. The third kappa shape index (κ3) is 5.01. The number of carbonyl (C=O) groups is 1. The van der Waals surface area contributed by atoms with Gasteiger partial charge in [-0.1, -0.05) is 6.07 Å². The van der Waals surface area contributed by atoms with E-state index in [0.717, 1.165) is 22.6 Å². The molecule has 26 heavy (non-hydrogen) atoms. The first kappa shape index (κ1) is 17.3. The van der Waals surface area contributed by atoms with E-state index in [9.17, 15) is 4.79 Å². The smallest absolute Gasteiger partial charge is 0.225 e. The summed E-state index contributed by atoms with van der Waals surface area (Å²) < 4.78 is 0. The third-order valence-corrected chi connectivity index (χ3v) is 3.51. The van der Waals surface area contributed by atoms with Crippen LogP contribution in [0.4, 0.5) is 23.1 Å². The summed E-state index contributed by atoms with van der Waals surface area (Å²) in [5.41, 5.74) is 3.50. The van der Waals surface area contributed by atoms with E-state index in [1.165, 1.54) is 6.92 Å². The van der Waals surface area contributed by atoms with Gasteiger partial charge in [-0.25, -0.2) is 4.98 Å². The molecule has 2 aromatic heterocycles. The number of nitrogens with one attached hydrogen (secondary N) is 3. The topological polar surface area (TPSA) is 91.8 Å². The van der Waals surface area contributed by atoms with Gasteiger partial charge in [-0.05, 0) is 42.8 Å². The van der Waals surface area contributed by atoms with Gasteiger partial charge in [-0.2, -0.15) is 4.98 Å². The lowest BCUT2D eigenvalue weighted by atomic mass is 10.2. The number of rotatable bonds is 6. The van der Waals surface area contributed by atoms with Gasteiger partial charge in [0.2, 0.25) is 11.9 Å². The first-order valence-corrected chi connectivity index (χ1v) is 8.21. The van der Waals surface area contributed by atoms with Gasteiger partial charge in [0, 0.05) is 49.0 Å². The average molecular weight is 348 g/mol. The largest absolute Gasteiger partial charge is 0.350 e. The number of benzene rings is 1. The number of pyridine rings is 1. The Hall–Kier alpha value is -3.48. The Morgan fingerprint density at radius 3 is 2.58 bits per heavy atom. The number of aryl methyl sites for hydroxylation is 1. The highest BCUT2D eigenvalue weighted by Crippen LogP contribution is 2.20. The van der Waals surface area contributed by atoms with Crippen LogP contribution in [0.1, 0.15) is 18.2 Å². The van der Waals surface area contributed by atoms with E-state index >= 15 is 0 Å². The van der Waals surface area contributed by atoms with Crippen LogP contribution in [0.5, 0.6) is 0 Å². The maximum Gasteiger partial charge on any atom is 0.225 e. The molecule has 7 heteroatoms. The van der Waals surface area contributed by atoms with E-state index < -0.39 is 0 Å². The van der Waals surface area contributed by atoms with E-state index in [4.69, 9.17) is 0 Å². The highest BCUT2D eigenvalue weighted by Gasteiger charge is 2.04. The number of hydrogen-bond acceptors (Lipinski definition) is 6. The summed E-state index contributed by atoms with van der Waals surface area (Å²) in [5, 5.41) is 9.23. The van der Waals surface area contributed by atoms with Gasteiger partial charge in [0.15, 0.2) is 0 Å². The molecule has 0 aliphatic rings. The molecular formula is C19H20N6O. The van der Waals surface area contributed by atoms with Crippen molar-refractivity contribution in [1.82, 2.24) is 15.0 Å². The Morgan fingerprint density at radius 2 is 1.81 bits per heavy atom. The van der Waals surface area contributed by atoms with Crippen LogP contribution in [-0.4, -0.2) is 20.9 Å². The minimum absolute atomic E-state index is 0.109. The van der Waals surface area contributed by atoms with Crippen LogP contribution in [0, 0.1) is 6.92 Å². The molecule has 0 aliphatic heterocycles. The Bertz CT molecular complexity index is 898. The van der Waals surface area contributed by atoms with Crippen LogP contribution in [0.15, 0.2) is 54.9 Å². The Labute approximate surface area is 151 Å². The molecule has 0 fully saturated rings. The first-order valence-electron chi connectivity index (χ1n) is 8.21. The fraction of sp³-hybridized carbons (Fsp3) is 0.158. The maximum atomic E-state index is 11.2. The van der Waals surface area contributed by atoms with Gasteiger partial charge in [0.25, 0.3) is 0 Å². The lowest BCUT2D eigenvalue weighted by molar-refractivity contribution is -0.114. The molecule has 0 unspecified atom stereocenters. The van der Waals surface area contributed by atoms with Crippen LogP contribution >= 0.6 is 0 Å². The Kier molecular flexibility index (Phi) is 5.38. The predicted molar refractivity (Wildman–Crippen MR) is 102 cm³/mol. The van der Waals surface area contributed by atoms with Crippen LogP contribution in [0.3, 0.4) is 0 Å². The van der Waals surface area contributed by atoms with Crippen molar-refractivity contribution in [3.05, 3.63) is 66.1 Å². The van der Waals surface area contributed by atoms with E-state index in [0.29, 0.717) is 18.3 Å². The molecule has 3 rings (SSSR count). The third-order valence-electron chi connectivity index (χ3n) is 3.51. The number of nitrogens with zero attached hydrogens (tertiary/aromatic N) is 3. The zero-order valence-electron chi connectivity index (χ0n) is 14.7. The second-order valence-corrected chi connectivity index (χ2v) is 5.81. The number of anilines is 4. The summed E-state index contributed by atoms with van der Waals surface area (Å²) in [4.78, 5) is 24.1. The molecule has 132 valence electrons. The van der Waals surface area contributed by atoms with Crippen molar-refractivity contribution in [3.63, 3.8) is 0 Å². The van der Waals surface area contributed by atoms with Crippen LogP contribution in [-0.2, 0) is 11.3 Å². The molecule has 0 radical (unpaired) electrons. The fourth-order valence-corrected chi connectivity index (χ4v) is 2.42. The van der Waals surface area contributed by atoms with Gasteiger partial charge in [0.1, 0.15) is 5.82 Å². The molecule has 7 nitrogen and oxygen atoms in total. The minimum atomic E-state index is -0.109. The van der Waals surface area contributed by atoms with E-state index in [-0.39, 0.29) is 5.91 Å². The van der Waals surface area contributed by atoms with Gasteiger partial charge >= 0.3 is 0 Å². The average Bonchev–Trinajstić information content (AvgIpc) is 2.60. The van der Waals surface area contributed by atoms with Crippen molar-refractivity contribution in [3.8, 4) is 0 Å². The molecule has 0 atom stereocenters. The summed E-state index contributed by atoms with van der Waals surface area (Å²) in [6.07, 6.45) is 3.51. The number of aromatic nitrogens is 3. The van der Waals surface area contributed by atoms with Crippen LogP contribution < -0.4 is 16.0 Å². The molecule has 0 bridgehead atoms. The minimum Gasteiger partial charge on any atom is -0.350 e. The van der Waals surface area contributed by atoms with Crippen LogP contribution in [0.2, 0.25) is 0 Å². The fourth-order valence-electron chi connectivity index (χ4n) is 2.42. The highest BCUT2D eigenvalue weighted by molar-refractivity contribution is 5.89. The normalized spacial score (nSPS) is 10.2. The molecular weight excluding hydrogens is 328 g/mol. The second kappa shape index (κ2) is 8.06. The van der Waals surface area contributed by atoms with E-state index in [1.807, 2.05) is 49.4 Å². The summed E-state index contributed by atoms with van der Waals surface area (Å²) in [6.45, 7) is 4.01. The van der Waals surface area contributed by atoms with Gasteiger partial charge in [0.05, 0.1) is 0 Å². The summed E-state index contributed by atoms with van der Waals surface area (Å²) in [6, 6.07) is 13.2. The van der Waals surface area contributed by atoms with Gasteiger partial charge < -0.3 is 16.0 Å². The SMILES string of the molecule is CC(=O)Nc1cccc(Nc2cc(C)nc(NCc3ccncc3)n2)c1. The van der Waals surface area contributed by atoms with Crippen LogP contribution in [0.25, 0.3) is 0 Å². The Balaban J connectivity index is 1.72. The lowest BCUT2D eigenvalue weighted by Crippen LogP contribution is -2.07. The van der Waals surface area contributed by atoms with Crippen molar-refractivity contribution in [1.29, 1.82) is 0 Å². The Morgan fingerprint density at radius 1 is 1.04 bits per heavy atom. The summed E-state index contributed by atoms with van der Waals surface area (Å²) in [7, 11) is 0. The number of carbonyl (C=O) groups excluding carboxylic acids is 1. The summed E-state index contributed by atoms with van der Waals surface area (Å²) >= 11 is 0. The highest BCUT2D eigenvalue weighted by atomic mass is 16.1. The zero-order chi connectivity index (χ0) is 18.4. The van der Waals surface area contributed by atoms with E-state index in [1.54, 1.807) is 12.4 Å². The van der Waals surface area contributed by atoms with Crippen molar-refractivity contribution in [2.24, 2.45) is 0 Å². The molecule has 1 amide bonds. The second-order valence-electron chi connectivity index (χ2n) is 5.81. The maximum absolute atomic E-state index is 11.2. The van der Waals surface area contributed by atoms with Gasteiger partial charge in [-0.15, -0.1) is 0 Å². The molecule has 0 aliphatic carbocycles. The van der Waals surface area contributed by atoms with Crippen molar-refractivity contribution in [2.75, 3.05) is 16.0 Å². The molecule has 0 spiro atoms. The monoisotopic (exact) mass is 348 g/mol. The predicted octanol–water partition coefficient (Wildman–Crippen LogP) is 3.49. The molecule has 3 N–H and O–H groups in total. The molecule has 1 aromatic carbocycles. The summed E-state index contributed by atoms with van der Waals surface area (Å²) in [5.74, 6) is 1.11. The lowest BCUT2D eigenvalue weighted by Gasteiger charge is -2.11. The van der Waals surface area contributed by atoms with E-state index in [2.05, 4.69) is 30.9 Å². The number of hydrogen-bond donors (Lipinski definition) is 3. The quantitative estimate of drug-likeness (QED) is 0.631. The number of amides is 1. The molecule has 3 aromatic rings.